The molecule has 0 aromatic rings. The maximum atomic E-state index is 11.2. The molecule has 0 saturated heterocycles. The van der Waals surface area contributed by atoms with E-state index in [0.29, 0.717) is 48.0 Å². The highest BCUT2D eigenvalue weighted by molar-refractivity contribution is 5.27. The highest BCUT2D eigenvalue weighted by Gasteiger charge is 2.51. The average Bonchev–Trinajstić information content (AvgIpc) is 3.06. The van der Waals surface area contributed by atoms with Crippen LogP contribution in [0.15, 0.2) is 36.0 Å². The van der Waals surface area contributed by atoms with E-state index in [1.54, 1.807) is 0 Å². The monoisotopic (exact) mass is 430 g/mol. The van der Waals surface area contributed by atoms with Crippen LogP contribution in [0, 0.1) is 35.0 Å². The van der Waals surface area contributed by atoms with Gasteiger partial charge in [0.25, 0.3) is 0 Å². The normalized spacial score (nSPS) is 41.0. The number of aliphatic hydroxyl groups excluding tert-OH is 2. The van der Waals surface area contributed by atoms with Crippen LogP contribution in [-0.4, -0.2) is 33.1 Å². The fraction of sp³-hybridized carbons (Fsp3) is 0.786. The summed E-state index contributed by atoms with van der Waals surface area (Å²) in [5, 5.41) is 32.3. The van der Waals surface area contributed by atoms with Crippen molar-refractivity contribution in [1.29, 1.82) is 0 Å². The van der Waals surface area contributed by atoms with Crippen LogP contribution in [0.2, 0.25) is 0 Å². The van der Waals surface area contributed by atoms with Crippen LogP contribution in [0.5, 0.6) is 0 Å². The maximum absolute atomic E-state index is 11.2. The zero-order valence-electron chi connectivity index (χ0n) is 20.5. The average molecular weight is 431 g/mol. The van der Waals surface area contributed by atoms with Crippen molar-refractivity contribution in [2.45, 2.75) is 104 Å². The van der Waals surface area contributed by atoms with E-state index in [2.05, 4.69) is 53.3 Å². The molecule has 0 aromatic heterocycles. The molecule has 3 N–H and O–H groups in total. The van der Waals surface area contributed by atoms with E-state index in [1.165, 1.54) is 24.8 Å². The summed E-state index contributed by atoms with van der Waals surface area (Å²) in [4.78, 5) is 0. The summed E-state index contributed by atoms with van der Waals surface area (Å²) in [5.74, 6) is 2.95. The number of hydrogen-bond acceptors (Lipinski definition) is 3. The lowest BCUT2D eigenvalue weighted by molar-refractivity contribution is -0.0705. The van der Waals surface area contributed by atoms with Crippen molar-refractivity contribution >= 4 is 0 Å². The predicted molar refractivity (Wildman–Crippen MR) is 129 cm³/mol. The fourth-order valence-corrected chi connectivity index (χ4v) is 6.68. The van der Waals surface area contributed by atoms with Gasteiger partial charge in [-0.2, -0.15) is 0 Å². The third kappa shape index (κ3) is 4.89. The van der Waals surface area contributed by atoms with E-state index in [1.807, 2.05) is 6.08 Å². The van der Waals surface area contributed by atoms with Gasteiger partial charge in [0.15, 0.2) is 0 Å². The van der Waals surface area contributed by atoms with Crippen molar-refractivity contribution in [3.63, 3.8) is 0 Å². The first kappa shape index (κ1) is 24.7. The molecule has 3 saturated carbocycles. The van der Waals surface area contributed by atoms with E-state index < -0.39 is 17.8 Å². The van der Waals surface area contributed by atoms with Crippen molar-refractivity contribution in [3.05, 3.63) is 36.0 Å². The van der Waals surface area contributed by atoms with Gasteiger partial charge in [0.05, 0.1) is 6.10 Å². The van der Waals surface area contributed by atoms with Gasteiger partial charge in [-0.15, -0.1) is 0 Å². The molecule has 3 nitrogen and oxygen atoms in total. The van der Waals surface area contributed by atoms with Crippen molar-refractivity contribution < 1.29 is 15.3 Å². The zero-order valence-corrected chi connectivity index (χ0v) is 20.5. The largest absolute Gasteiger partial charge is 0.393 e. The molecule has 31 heavy (non-hydrogen) atoms. The number of allylic oxidation sites excluding steroid dienone is 3. The smallest absolute Gasteiger partial charge is 0.117 e. The van der Waals surface area contributed by atoms with Crippen LogP contribution < -0.4 is 0 Å². The first-order valence-electron chi connectivity index (χ1n) is 12.6. The minimum atomic E-state index is -1.40. The Labute approximate surface area is 190 Å². The second-order valence-corrected chi connectivity index (χ2v) is 11.6. The van der Waals surface area contributed by atoms with Crippen LogP contribution in [-0.2, 0) is 0 Å². The zero-order chi connectivity index (χ0) is 23.0. The molecule has 0 aromatic carbocycles. The van der Waals surface area contributed by atoms with Gasteiger partial charge in [0, 0.05) is 6.42 Å². The Balaban J connectivity index is 1.78. The third-order valence-electron chi connectivity index (χ3n) is 9.24. The Morgan fingerprint density at radius 2 is 1.77 bits per heavy atom. The van der Waals surface area contributed by atoms with Gasteiger partial charge in [-0.05, 0) is 85.5 Å². The SMILES string of the molecule is C=C1CC[C@H](O)CC1(O)C(O)/C=C1/CCC[C@]2(C)[C@@H]([C@H](C)C=C[C@H](C)C(C)C)CC[C@@H]12. The molecule has 3 heteroatoms. The van der Waals surface area contributed by atoms with Gasteiger partial charge in [0.1, 0.15) is 11.7 Å². The second-order valence-electron chi connectivity index (χ2n) is 11.6. The Morgan fingerprint density at radius 3 is 2.45 bits per heavy atom. The van der Waals surface area contributed by atoms with E-state index in [0.717, 1.165) is 12.8 Å². The molecule has 3 aliphatic carbocycles. The molecule has 0 aliphatic heterocycles. The number of fused-ring (bicyclic) bond motifs is 1. The molecule has 0 spiro atoms. The summed E-state index contributed by atoms with van der Waals surface area (Å²) in [6.45, 7) is 15.7. The second kappa shape index (κ2) is 9.53. The molecule has 176 valence electrons. The minimum Gasteiger partial charge on any atom is -0.393 e. The molecule has 0 bridgehead atoms. The van der Waals surface area contributed by atoms with Crippen LogP contribution in [0.4, 0.5) is 0 Å². The topological polar surface area (TPSA) is 60.7 Å². The first-order valence-corrected chi connectivity index (χ1v) is 12.6. The molecule has 2 unspecified atom stereocenters. The Morgan fingerprint density at radius 1 is 1.06 bits per heavy atom. The van der Waals surface area contributed by atoms with Gasteiger partial charge in [0.2, 0.25) is 0 Å². The van der Waals surface area contributed by atoms with Gasteiger partial charge < -0.3 is 15.3 Å². The van der Waals surface area contributed by atoms with Crippen molar-refractivity contribution in [1.82, 2.24) is 0 Å². The molecular weight excluding hydrogens is 384 g/mol. The van der Waals surface area contributed by atoms with E-state index in [4.69, 9.17) is 0 Å². The van der Waals surface area contributed by atoms with Gasteiger partial charge in [-0.1, -0.05) is 65.0 Å². The molecule has 0 heterocycles. The van der Waals surface area contributed by atoms with Crippen LogP contribution in [0.1, 0.15) is 86.0 Å². The van der Waals surface area contributed by atoms with Gasteiger partial charge >= 0.3 is 0 Å². The fourth-order valence-electron chi connectivity index (χ4n) is 6.68. The Bertz CT molecular complexity index is 707. The Hall–Kier alpha value is -0.900. The third-order valence-corrected chi connectivity index (χ3v) is 9.24. The highest BCUT2D eigenvalue weighted by Crippen LogP contribution is 2.59. The van der Waals surface area contributed by atoms with Crippen LogP contribution >= 0.6 is 0 Å². The quantitative estimate of drug-likeness (QED) is 0.466. The van der Waals surface area contributed by atoms with E-state index >= 15 is 0 Å². The summed E-state index contributed by atoms with van der Waals surface area (Å²) >= 11 is 0. The Kier molecular flexibility index (Phi) is 7.61. The van der Waals surface area contributed by atoms with Crippen molar-refractivity contribution in [2.75, 3.05) is 0 Å². The van der Waals surface area contributed by atoms with Gasteiger partial charge in [-0.3, -0.25) is 0 Å². The molecule has 3 rings (SSSR count). The molecule has 3 aliphatic rings. The highest BCUT2D eigenvalue weighted by atomic mass is 16.3. The van der Waals surface area contributed by atoms with Crippen molar-refractivity contribution in [3.8, 4) is 0 Å². The first-order chi connectivity index (χ1) is 14.5. The predicted octanol–water partition coefficient (Wildman–Crippen LogP) is 5.81. The van der Waals surface area contributed by atoms with Crippen molar-refractivity contribution in [2.24, 2.45) is 35.0 Å². The summed E-state index contributed by atoms with van der Waals surface area (Å²) in [6.07, 6.45) is 12.4. The number of hydrogen-bond donors (Lipinski definition) is 3. The molecule has 0 amide bonds. The van der Waals surface area contributed by atoms with E-state index in [-0.39, 0.29) is 11.8 Å². The molecule has 8 atom stereocenters. The molecular formula is C28H46O3. The summed E-state index contributed by atoms with van der Waals surface area (Å²) in [6, 6.07) is 0. The number of rotatable bonds is 6. The molecule has 0 radical (unpaired) electrons. The van der Waals surface area contributed by atoms with Gasteiger partial charge in [-0.25, -0.2) is 0 Å². The van der Waals surface area contributed by atoms with Crippen LogP contribution in [0.25, 0.3) is 0 Å². The summed E-state index contributed by atoms with van der Waals surface area (Å²) in [7, 11) is 0. The molecule has 3 fully saturated rings. The maximum Gasteiger partial charge on any atom is 0.117 e. The lowest BCUT2D eigenvalue weighted by Crippen LogP contribution is -2.48. The number of aliphatic hydroxyl groups is 3. The van der Waals surface area contributed by atoms with Crippen LogP contribution in [0.3, 0.4) is 0 Å². The minimum absolute atomic E-state index is 0.178. The summed E-state index contributed by atoms with van der Waals surface area (Å²) in [5.41, 5.74) is 0.819. The standard InChI is InChI=1S/C28H46O3/c1-18(2)19(3)9-10-20(4)24-13-14-25-22(8-7-15-27(24,25)6)16-26(30)28(31)17-23(29)12-11-21(28)5/h9-10,16,18-20,23-26,29-31H,5,7-8,11-15,17H2,1-4,6H3/b10-9?,22-16-/t19-,20+,23-,24+,25-,26?,27+,28?/m0/s1. The van der Waals surface area contributed by atoms with E-state index in [9.17, 15) is 15.3 Å². The lowest BCUT2D eigenvalue weighted by Gasteiger charge is -2.45. The summed E-state index contributed by atoms with van der Waals surface area (Å²) < 4.78 is 0. The lowest BCUT2D eigenvalue weighted by atomic mass is 9.60.